The monoisotopic (exact) mass is 245 g/mol. The summed E-state index contributed by atoms with van der Waals surface area (Å²) in [7, 11) is 1.40. The van der Waals surface area contributed by atoms with E-state index in [1.54, 1.807) is 0 Å². The van der Waals surface area contributed by atoms with Crippen molar-refractivity contribution in [3.63, 3.8) is 0 Å². The smallest absolute Gasteiger partial charge is 0.335 e. The molecule has 1 N–H and O–H groups in total. The molecule has 5 heteroatoms. The van der Waals surface area contributed by atoms with Gasteiger partial charge in [-0.1, -0.05) is 5.75 Å². The summed E-state index contributed by atoms with van der Waals surface area (Å²) in [5.74, 6) is -1.49. The third-order valence-electron chi connectivity index (χ3n) is 1.51. The van der Waals surface area contributed by atoms with Crippen LogP contribution in [0.4, 0.5) is 0 Å². The normalized spacial score (nSPS) is 9.69. The molecule has 0 atom stereocenters. The summed E-state index contributed by atoms with van der Waals surface area (Å²) in [5.41, 5.74) is -0.271. The van der Waals surface area contributed by atoms with Crippen LogP contribution in [-0.4, -0.2) is 18.2 Å². The zero-order valence-corrected chi connectivity index (χ0v) is 8.29. The molecule has 4 nitrogen and oxygen atoms in total. The number of aromatic carboxylic acids is 1. The van der Waals surface area contributed by atoms with Crippen molar-refractivity contribution in [2.75, 3.05) is 7.11 Å². The van der Waals surface area contributed by atoms with Crippen molar-refractivity contribution in [2.24, 2.45) is 0 Å². The molecule has 1 aromatic carbocycles. The SMILES string of the molecule is COc1ccc(C(=O)O)c([O-])c1Br. The highest BCUT2D eigenvalue weighted by atomic mass is 79.9. The molecule has 70 valence electrons. The van der Waals surface area contributed by atoms with Crippen molar-refractivity contribution in [2.45, 2.75) is 0 Å². The summed E-state index contributed by atoms with van der Waals surface area (Å²) < 4.78 is 4.95. The lowest BCUT2D eigenvalue weighted by molar-refractivity contribution is -0.270. The van der Waals surface area contributed by atoms with Crippen LogP contribution in [0.25, 0.3) is 0 Å². The van der Waals surface area contributed by atoms with Gasteiger partial charge >= 0.3 is 5.97 Å². The van der Waals surface area contributed by atoms with Gasteiger partial charge < -0.3 is 14.9 Å². The first-order valence-electron chi connectivity index (χ1n) is 3.34. The summed E-state index contributed by atoms with van der Waals surface area (Å²) >= 11 is 2.96. The first-order valence-corrected chi connectivity index (χ1v) is 4.14. The zero-order chi connectivity index (χ0) is 10.0. The Hall–Kier alpha value is -1.23. The number of benzene rings is 1. The van der Waals surface area contributed by atoms with Crippen LogP contribution in [0, 0.1) is 0 Å². The number of methoxy groups -OCH3 is 1. The van der Waals surface area contributed by atoms with E-state index in [1.807, 2.05) is 0 Å². The second kappa shape index (κ2) is 3.66. The van der Waals surface area contributed by atoms with Crippen LogP contribution < -0.4 is 9.84 Å². The Morgan fingerprint density at radius 1 is 1.62 bits per heavy atom. The van der Waals surface area contributed by atoms with Gasteiger partial charge in [-0.15, -0.1) is 0 Å². The van der Waals surface area contributed by atoms with E-state index in [4.69, 9.17) is 9.84 Å². The van der Waals surface area contributed by atoms with E-state index in [2.05, 4.69) is 15.9 Å². The number of halogens is 1. The second-order valence-corrected chi connectivity index (χ2v) is 3.06. The Kier molecular flexibility index (Phi) is 2.77. The van der Waals surface area contributed by atoms with Gasteiger partial charge in [0, 0.05) is 0 Å². The maximum absolute atomic E-state index is 11.3. The standard InChI is InChI=1S/C8H7BrO4/c1-13-5-3-2-4(8(11)12)7(10)6(5)9/h2-3,10H,1H3,(H,11,12)/p-1. The molecule has 0 saturated heterocycles. The van der Waals surface area contributed by atoms with E-state index in [0.717, 1.165) is 0 Å². The van der Waals surface area contributed by atoms with Crippen LogP contribution in [0.5, 0.6) is 11.5 Å². The lowest BCUT2D eigenvalue weighted by atomic mass is 10.2. The summed E-state index contributed by atoms with van der Waals surface area (Å²) in [4.78, 5) is 10.5. The van der Waals surface area contributed by atoms with Gasteiger partial charge in [0.1, 0.15) is 5.75 Å². The van der Waals surface area contributed by atoms with Crippen molar-refractivity contribution in [1.82, 2.24) is 0 Å². The molecule has 13 heavy (non-hydrogen) atoms. The maximum atomic E-state index is 11.3. The lowest BCUT2D eigenvalue weighted by Gasteiger charge is -2.14. The topological polar surface area (TPSA) is 69.6 Å². The van der Waals surface area contributed by atoms with Crippen molar-refractivity contribution in [3.8, 4) is 11.5 Å². The molecule has 0 unspecified atom stereocenters. The van der Waals surface area contributed by atoms with Gasteiger partial charge in [-0.2, -0.15) is 0 Å². The fourth-order valence-electron chi connectivity index (χ4n) is 0.864. The molecule has 0 aliphatic heterocycles. The van der Waals surface area contributed by atoms with Gasteiger partial charge in [-0.3, -0.25) is 0 Å². The molecular formula is C8H6BrO4-. The van der Waals surface area contributed by atoms with Crippen LogP contribution in [0.15, 0.2) is 16.6 Å². The molecule has 0 heterocycles. The Labute approximate surface area is 82.9 Å². The summed E-state index contributed by atoms with van der Waals surface area (Å²) in [6.07, 6.45) is 0. The van der Waals surface area contributed by atoms with Gasteiger partial charge in [0.25, 0.3) is 0 Å². The van der Waals surface area contributed by atoms with Crippen LogP contribution >= 0.6 is 15.9 Å². The van der Waals surface area contributed by atoms with E-state index < -0.39 is 11.7 Å². The van der Waals surface area contributed by atoms with Crippen molar-refractivity contribution >= 4 is 21.9 Å². The Morgan fingerprint density at radius 2 is 2.23 bits per heavy atom. The average molecular weight is 246 g/mol. The third-order valence-corrected chi connectivity index (χ3v) is 2.26. The fraction of sp³-hybridized carbons (Fsp3) is 0.125. The Bertz CT molecular complexity index is 348. The largest absolute Gasteiger partial charge is 0.871 e. The summed E-state index contributed by atoms with van der Waals surface area (Å²) in [5, 5.41) is 19.9. The molecule has 0 aromatic heterocycles. The molecule has 0 aliphatic rings. The zero-order valence-electron chi connectivity index (χ0n) is 6.70. The van der Waals surface area contributed by atoms with E-state index in [1.165, 1.54) is 19.2 Å². The van der Waals surface area contributed by atoms with E-state index >= 15 is 0 Å². The van der Waals surface area contributed by atoms with Gasteiger partial charge in [0.2, 0.25) is 0 Å². The minimum absolute atomic E-state index is 0.134. The third kappa shape index (κ3) is 1.75. The van der Waals surface area contributed by atoms with Gasteiger partial charge in [0.05, 0.1) is 17.1 Å². The van der Waals surface area contributed by atoms with Crippen LogP contribution in [0.2, 0.25) is 0 Å². The van der Waals surface area contributed by atoms with E-state index in [-0.39, 0.29) is 10.0 Å². The Balaban J connectivity index is 3.31. The summed E-state index contributed by atoms with van der Waals surface area (Å²) in [6, 6.07) is 2.64. The molecule has 1 rings (SSSR count). The molecule has 0 bridgehead atoms. The van der Waals surface area contributed by atoms with Crippen LogP contribution in [-0.2, 0) is 0 Å². The highest BCUT2D eigenvalue weighted by Crippen LogP contribution is 2.34. The number of ether oxygens (including phenoxy) is 1. The minimum atomic E-state index is -1.24. The van der Waals surface area contributed by atoms with E-state index in [9.17, 15) is 9.90 Å². The number of rotatable bonds is 2. The van der Waals surface area contributed by atoms with Gasteiger partial charge in [0.15, 0.2) is 0 Å². The summed E-state index contributed by atoms with van der Waals surface area (Å²) in [6.45, 7) is 0. The molecule has 0 radical (unpaired) electrons. The maximum Gasteiger partial charge on any atom is 0.335 e. The molecule has 1 aromatic rings. The van der Waals surface area contributed by atoms with Crippen LogP contribution in [0.1, 0.15) is 10.4 Å². The second-order valence-electron chi connectivity index (χ2n) is 2.26. The molecule has 0 fully saturated rings. The van der Waals surface area contributed by atoms with Crippen molar-refractivity contribution < 1.29 is 19.7 Å². The molecule has 0 aliphatic carbocycles. The lowest BCUT2D eigenvalue weighted by Crippen LogP contribution is -2.05. The number of hydrogen-bond acceptors (Lipinski definition) is 3. The highest BCUT2D eigenvalue weighted by Gasteiger charge is 2.09. The van der Waals surface area contributed by atoms with Crippen molar-refractivity contribution in [1.29, 1.82) is 0 Å². The van der Waals surface area contributed by atoms with Gasteiger partial charge in [-0.05, 0) is 28.1 Å². The highest BCUT2D eigenvalue weighted by molar-refractivity contribution is 9.10. The first-order chi connectivity index (χ1) is 6.07. The Morgan fingerprint density at radius 3 is 2.69 bits per heavy atom. The van der Waals surface area contributed by atoms with Crippen LogP contribution in [0.3, 0.4) is 0 Å². The number of carboxylic acid groups (broad SMARTS) is 1. The predicted octanol–water partition coefficient (Wildman–Crippen LogP) is 1.23. The number of carbonyl (C=O) groups is 1. The minimum Gasteiger partial charge on any atom is -0.871 e. The van der Waals surface area contributed by atoms with E-state index in [0.29, 0.717) is 5.75 Å². The molecule has 0 saturated carbocycles. The fourth-order valence-corrected chi connectivity index (χ4v) is 1.37. The predicted molar refractivity (Wildman–Crippen MR) is 47.1 cm³/mol. The quantitative estimate of drug-likeness (QED) is 0.851. The first kappa shape index (κ1) is 9.85. The number of hydrogen-bond donors (Lipinski definition) is 1. The molecular weight excluding hydrogens is 240 g/mol. The number of carboxylic acids is 1. The van der Waals surface area contributed by atoms with Crippen molar-refractivity contribution in [3.05, 3.63) is 22.2 Å². The molecule has 0 spiro atoms. The van der Waals surface area contributed by atoms with Gasteiger partial charge in [-0.25, -0.2) is 4.79 Å². The average Bonchev–Trinajstić information content (AvgIpc) is 2.09. The molecule has 0 amide bonds.